The third-order valence-corrected chi connectivity index (χ3v) is 14.7. The molecule has 18 heteroatoms. The van der Waals surface area contributed by atoms with E-state index in [1.807, 2.05) is 22.9 Å². The molecule has 4 saturated heterocycles. The number of hydrogen-bond donors (Lipinski definition) is 4. The molecular formula is C46H58F2N10O6. The minimum Gasteiger partial charge on any atom is -0.384 e. The number of alkyl halides is 2. The van der Waals surface area contributed by atoms with Crippen LogP contribution >= 0.6 is 0 Å². The number of piperidine rings is 3. The van der Waals surface area contributed by atoms with E-state index < -0.39 is 47.9 Å². The lowest BCUT2D eigenvalue weighted by Gasteiger charge is -2.40. The van der Waals surface area contributed by atoms with Crippen molar-refractivity contribution in [1.82, 2.24) is 29.9 Å². The van der Waals surface area contributed by atoms with Gasteiger partial charge in [-0.25, -0.2) is 8.78 Å². The molecule has 7 heterocycles. The number of hydrazone groups is 1. The van der Waals surface area contributed by atoms with Gasteiger partial charge in [0.05, 0.1) is 11.1 Å². The summed E-state index contributed by atoms with van der Waals surface area (Å²) in [5, 5.41) is 32.7. The van der Waals surface area contributed by atoms with Crippen LogP contribution in [0.25, 0.3) is 0 Å². The summed E-state index contributed by atoms with van der Waals surface area (Å²) in [5.41, 5.74) is 2.48. The number of likely N-dealkylation sites (N-methyl/N-ethyl adjacent to an activating group) is 1. The number of rotatable bonds is 13. The molecule has 2 aromatic rings. The van der Waals surface area contributed by atoms with Crippen molar-refractivity contribution in [3.8, 4) is 0 Å². The van der Waals surface area contributed by atoms with Crippen molar-refractivity contribution in [2.24, 2.45) is 5.10 Å². The number of carbonyl (C=O) groups excluding carboxylic acids is 5. The Hall–Kier alpha value is -5.33. The Balaban J connectivity index is 0.787. The molecule has 0 spiro atoms. The number of carbonyl (C=O) groups is 5. The number of halogens is 2. The van der Waals surface area contributed by atoms with Crippen LogP contribution in [0.2, 0.25) is 0 Å². The molecule has 7 aliphatic rings. The van der Waals surface area contributed by atoms with Crippen LogP contribution in [0.1, 0.15) is 121 Å². The fourth-order valence-electron chi connectivity index (χ4n) is 11.4. The Labute approximate surface area is 371 Å². The number of unbranched alkanes of at least 4 members (excludes halogenated alkanes) is 2. The molecule has 16 nitrogen and oxygen atoms in total. The maximum absolute atomic E-state index is 14.7. The van der Waals surface area contributed by atoms with Gasteiger partial charge in [-0.15, -0.1) is 0 Å². The zero-order valence-corrected chi connectivity index (χ0v) is 36.5. The number of amidine groups is 1. The SMILES string of the molecule is CC(=O)N1CCC2N(C3CCN(C(O)CCCCCNc4cccc5c4C(=O)N(C4CCC(=O)NC4=O)C5=O)CC3)C2(C(=N)N2CCCc3cc(C4C=NN(C)C4)c(C(F)F)cc32)C1. The highest BCUT2D eigenvalue weighted by Gasteiger charge is 2.70. The molecule has 4 N–H and O–H groups in total. The van der Waals surface area contributed by atoms with Gasteiger partial charge < -0.3 is 20.2 Å². The number of imide groups is 2. The minimum absolute atomic E-state index is 0.0170. The second-order valence-corrected chi connectivity index (χ2v) is 18.5. The molecule has 4 fully saturated rings. The molecule has 64 heavy (non-hydrogen) atoms. The van der Waals surface area contributed by atoms with Crippen LogP contribution in [0.5, 0.6) is 0 Å². The topological polar surface area (TPSA) is 185 Å². The third kappa shape index (κ3) is 7.84. The van der Waals surface area contributed by atoms with Crippen molar-refractivity contribution in [3.63, 3.8) is 0 Å². The van der Waals surface area contributed by atoms with Crippen LogP contribution in [0.3, 0.4) is 0 Å². The zero-order chi connectivity index (χ0) is 45.0. The Morgan fingerprint density at radius 3 is 2.53 bits per heavy atom. The summed E-state index contributed by atoms with van der Waals surface area (Å²) in [6, 6.07) is 7.71. The first-order chi connectivity index (χ1) is 30.8. The number of aryl methyl sites for hydroxylation is 1. The van der Waals surface area contributed by atoms with Crippen LogP contribution < -0.4 is 15.5 Å². The van der Waals surface area contributed by atoms with Crippen molar-refractivity contribution in [1.29, 1.82) is 5.41 Å². The zero-order valence-electron chi connectivity index (χ0n) is 36.5. The van der Waals surface area contributed by atoms with Crippen molar-refractivity contribution in [2.75, 3.05) is 63.1 Å². The van der Waals surface area contributed by atoms with E-state index in [0.29, 0.717) is 75.0 Å². The van der Waals surface area contributed by atoms with E-state index in [9.17, 15) is 43.3 Å². The van der Waals surface area contributed by atoms with Gasteiger partial charge in [0.25, 0.3) is 18.2 Å². The number of nitrogens with zero attached hydrogens (tertiary/aromatic N) is 7. The molecule has 0 aromatic heterocycles. The molecular weight excluding hydrogens is 827 g/mol. The van der Waals surface area contributed by atoms with E-state index in [-0.39, 0.29) is 53.4 Å². The summed E-state index contributed by atoms with van der Waals surface area (Å²) in [6.45, 7) is 5.56. The van der Waals surface area contributed by atoms with Gasteiger partial charge in [-0.3, -0.25) is 54.4 Å². The molecule has 0 bridgehead atoms. The van der Waals surface area contributed by atoms with Crippen LogP contribution in [0, 0.1) is 5.41 Å². The van der Waals surface area contributed by atoms with Gasteiger partial charge in [0.2, 0.25) is 17.7 Å². The van der Waals surface area contributed by atoms with Crippen molar-refractivity contribution in [3.05, 3.63) is 58.1 Å². The Morgan fingerprint density at radius 1 is 1.02 bits per heavy atom. The fraction of sp³-hybridized carbons (Fsp3) is 0.587. The summed E-state index contributed by atoms with van der Waals surface area (Å²) in [6.07, 6.45) is 5.41. The lowest BCUT2D eigenvalue weighted by atomic mass is 9.88. The normalized spacial score (nSPS) is 27.5. The third-order valence-electron chi connectivity index (χ3n) is 14.7. The van der Waals surface area contributed by atoms with E-state index in [0.717, 1.165) is 61.8 Å². The van der Waals surface area contributed by atoms with E-state index in [1.54, 1.807) is 42.4 Å². The number of amides is 5. The van der Waals surface area contributed by atoms with Crippen LogP contribution in [-0.2, 0) is 20.8 Å². The van der Waals surface area contributed by atoms with Crippen LogP contribution in [0.4, 0.5) is 20.2 Å². The van der Waals surface area contributed by atoms with Crippen molar-refractivity contribution >= 4 is 53.0 Å². The maximum Gasteiger partial charge on any atom is 0.264 e. The van der Waals surface area contributed by atoms with Gasteiger partial charge in [0.1, 0.15) is 23.6 Å². The molecule has 6 unspecified atom stereocenters. The van der Waals surface area contributed by atoms with Gasteiger partial charge in [-0.1, -0.05) is 18.6 Å². The maximum atomic E-state index is 14.7. The summed E-state index contributed by atoms with van der Waals surface area (Å²) >= 11 is 0. The molecule has 5 amide bonds. The summed E-state index contributed by atoms with van der Waals surface area (Å²) in [4.78, 5) is 72.8. The molecule has 2 aromatic carbocycles. The standard InChI is InChI=1S/C46H58F2N10O6/c1-27(59)55-21-16-37-46(26-55,45(49)56-18-7-8-28-22-32(29-24-51-53(2)25-29)33(41(47)48)23-36(28)56)58(37)30-14-19-54(20-15-30)39(61)11-4-3-5-17-50-34-10-6-9-31-40(34)44(64)57(43(31)63)35-12-13-38(60)52-42(35)62/h6,9-10,22-24,29-30,35,37,39,41,49-50,61H,3-5,7-8,11-21,25-26H2,1-2H3,(H,52,60,62). The number of aliphatic hydroxyl groups is 1. The molecule has 0 radical (unpaired) electrons. The van der Waals surface area contributed by atoms with Crippen molar-refractivity contribution in [2.45, 2.75) is 120 Å². The first-order valence-corrected chi connectivity index (χ1v) is 22.9. The first kappa shape index (κ1) is 43.9. The molecule has 9 rings (SSSR count). The largest absolute Gasteiger partial charge is 0.384 e. The molecule has 6 atom stereocenters. The lowest BCUT2D eigenvalue weighted by Crippen LogP contribution is -2.56. The minimum atomic E-state index is -2.67. The van der Waals surface area contributed by atoms with E-state index in [1.165, 1.54) is 0 Å². The molecule has 0 saturated carbocycles. The van der Waals surface area contributed by atoms with Gasteiger partial charge in [-0.05, 0) is 87.1 Å². The molecule has 0 aliphatic carbocycles. The van der Waals surface area contributed by atoms with Crippen LogP contribution in [0.15, 0.2) is 35.4 Å². The number of aliphatic hydroxyl groups excluding tert-OH is 1. The quantitative estimate of drug-likeness (QED) is 0.0753. The number of anilines is 2. The average Bonchev–Trinajstić information content (AvgIpc) is 3.65. The average molecular weight is 885 g/mol. The fourth-order valence-corrected chi connectivity index (χ4v) is 11.4. The van der Waals surface area contributed by atoms with E-state index >= 15 is 0 Å². The smallest absolute Gasteiger partial charge is 0.264 e. The highest BCUT2D eigenvalue weighted by Crippen LogP contribution is 2.53. The monoisotopic (exact) mass is 884 g/mol. The second kappa shape index (κ2) is 17.6. The highest BCUT2D eigenvalue weighted by molar-refractivity contribution is 6.25. The number of likely N-dealkylation sites (tertiary alicyclic amines) is 2. The van der Waals surface area contributed by atoms with Gasteiger partial charge in [0, 0.05) is 107 Å². The lowest BCUT2D eigenvalue weighted by molar-refractivity contribution is -0.136. The van der Waals surface area contributed by atoms with Gasteiger partial charge in [-0.2, -0.15) is 5.10 Å². The number of fused-ring (bicyclic) bond motifs is 3. The Morgan fingerprint density at radius 2 is 1.81 bits per heavy atom. The summed E-state index contributed by atoms with van der Waals surface area (Å²) < 4.78 is 29.4. The van der Waals surface area contributed by atoms with Crippen molar-refractivity contribution < 1.29 is 37.9 Å². The predicted octanol–water partition coefficient (Wildman–Crippen LogP) is 3.90. The van der Waals surface area contributed by atoms with Crippen LogP contribution in [-0.4, -0.2) is 154 Å². The number of nitrogens with one attached hydrogen (secondary N) is 3. The molecule has 7 aliphatic heterocycles. The van der Waals surface area contributed by atoms with Gasteiger partial charge >= 0.3 is 0 Å². The Bertz CT molecular complexity index is 2270. The number of hydrogen-bond acceptors (Lipinski definition) is 12. The first-order valence-electron chi connectivity index (χ1n) is 22.9. The summed E-state index contributed by atoms with van der Waals surface area (Å²) in [5.74, 6) is -2.05. The molecule has 342 valence electrons. The van der Waals surface area contributed by atoms with E-state index in [2.05, 4.69) is 25.5 Å². The van der Waals surface area contributed by atoms with Gasteiger partial charge in [0.15, 0.2) is 0 Å². The predicted molar refractivity (Wildman–Crippen MR) is 235 cm³/mol. The highest BCUT2D eigenvalue weighted by atomic mass is 19.3. The van der Waals surface area contributed by atoms with E-state index in [4.69, 9.17) is 0 Å². The second-order valence-electron chi connectivity index (χ2n) is 18.5. The number of benzene rings is 2. The Kier molecular flexibility index (Phi) is 12.1. The summed E-state index contributed by atoms with van der Waals surface area (Å²) in [7, 11) is 1.83.